The lowest BCUT2D eigenvalue weighted by Crippen LogP contribution is -2.10. The summed E-state index contributed by atoms with van der Waals surface area (Å²) in [6.45, 7) is 0.0677. The third-order valence-electron chi connectivity index (χ3n) is 2.20. The highest BCUT2D eigenvalue weighted by Gasteiger charge is 2.34. The Morgan fingerprint density at radius 3 is 2.44 bits per heavy atom. The van der Waals surface area contributed by atoms with Gasteiger partial charge in [0.2, 0.25) is 0 Å². The second-order valence-corrected chi connectivity index (χ2v) is 4.39. The van der Waals surface area contributed by atoms with Crippen molar-refractivity contribution in [2.75, 3.05) is 6.61 Å². The second kappa shape index (κ2) is 4.72. The number of aliphatic imine (C=N–C) groups is 1. The van der Waals surface area contributed by atoms with Gasteiger partial charge in [-0.2, -0.15) is 13.2 Å². The van der Waals surface area contributed by atoms with E-state index in [1.165, 1.54) is 12.4 Å². The van der Waals surface area contributed by atoms with Gasteiger partial charge in [0, 0.05) is 22.5 Å². The largest absolute Gasteiger partial charge is 0.486 e. The topological polar surface area (TPSA) is 21.6 Å². The second-order valence-electron chi connectivity index (χ2n) is 3.53. The summed E-state index contributed by atoms with van der Waals surface area (Å²) in [5.41, 5.74) is -0.331. The van der Waals surface area contributed by atoms with Crippen molar-refractivity contribution < 1.29 is 22.3 Å². The first kappa shape index (κ1) is 13.1. The molecule has 0 aromatic heterocycles. The van der Waals surface area contributed by atoms with E-state index in [9.17, 15) is 17.6 Å². The molecular formula is C11H6BrF4NO. The van der Waals surface area contributed by atoms with Gasteiger partial charge < -0.3 is 4.74 Å². The molecule has 1 aromatic rings. The number of hydrogen-bond donors (Lipinski definition) is 0. The van der Waals surface area contributed by atoms with Gasteiger partial charge >= 0.3 is 6.18 Å². The van der Waals surface area contributed by atoms with E-state index in [4.69, 9.17) is 4.74 Å². The van der Waals surface area contributed by atoms with Crippen LogP contribution in [0.3, 0.4) is 0 Å². The third-order valence-corrected chi connectivity index (χ3v) is 2.86. The number of hydrogen-bond acceptors (Lipinski definition) is 2. The Bertz CT molecular complexity index is 537. The monoisotopic (exact) mass is 323 g/mol. The fraction of sp³-hybridized carbons (Fsp3) is 0.182. The molecule has 1 aliphatic rings. The van der Waals surface area contributed by atoms with Crippen LogP contribution in [0.1, 0.15) is 5.56 Å². The molecular weight excluding hydrogens is 318 g/mol. The minimum atomic E-state index is -4.61. The molecule has 0 aliphatic carbocycles. The van der Waals surface area contributed by atoms with Gasteiger partial charge in [-0.15, -0.1) is 0 Å². The molecule has 0 unspecified atom stereocenters. The molecule has 1 heterocycles. The van der Waals surface area contributed by atoms with E-state index in [-0.39, 0.29) is 16.8 Å². The lowest BCUT2D eigenvalue weighted by atomic mass is 10.2. The molecule has 2 nitrogen and oxygen atoms in total. The molecule has 0 radical (unpaired) electrons. The molecule has 18 heavy (non-hydrogen) atoms. The van der Waals surface area contributed by atoms with Gasteiger partial charge in [-0.3, -0.25) is 4.99 Å². The highest BCUT2D eigenvalue weighted by molar-refractivity contribution is 9.10. The first-order chi connectivity index (χ1) is 8.38. The molecule has 1 aliphatic heterocycles. The quantitative estimate of drug-likeness (QED) is 0.772. The zero-order valence-corrected chi connectivity index (χ0v) is 10.3. The lowest BCUT2D eigenvalue weighted by molar-refractivity contribution is -0.138. The van der Waals surface area contributed by atoms with Crippen LogP contribution in [0.2, 0.25) is 0 Å². The molecule has 0 amide bonds. The maximum atomic E-state index is 13.4. The van der Waals surface area contributed by atoms with Crippen LogP contribution < -0.4 is 4.74 Å². The third kappa shape index (κ3) is 2.72. The number of halogens is 5. The van der Waals surface area contributed by atoms with E-state index in [1.54, 1.807) is 0 Å². The molecule has 0 bridgehead atoms. The minimum Gasteiger partial charge on any atom is -0.486 e. The Morgan fingerprint density at radius 2 is 1.94 bits per heavy atom. The summed E-state index contributed by atoms with van der Waals surface area (Å²) in [6.07, 6.45) is -1.56. The molecule has 0 spiro atoms. The standard InChI is InChI=1S/C11H6BrF4NO/c12-8-2-10(18-5-6-3-17-4-6)9(13)1-7(8)11(14,15)16/h1-4H,5H2. The van der Waals surface area contributed by atoms with Crippen molar-refractivity contribution in [1.29, 1.82) is 0 Å². The summed E-state index contributed by atoms with van der Waals surface area (Å²) < 4.78 is 55.7. The molecule has 2 rings (SSSR count). The molecule has 7 heteroatoms. The first-order valence-electron chi connectivity index (χ1n) is 4.79. The molecule has 0 saturated heterocycles. The average molecular weight is 324 g/mol. The van der Waals surface area contributed by atoms with Crippen LogP contribution in [-0.2, 0) is 6.18 Å². The highest BCUT2D eigenvalue weighted by Crippen LogP contribution is 2.38. The van der Waals surface area contributed by atoms with Crippen LogP contribution in [0.5, 0.6) is 5.75 Å². The molecule has 0 N–H and O–H groups in total. The molecule has 0 atom stereocenters. The SMILES string of the molecule is Fc1cc(C(F)(F)F)c(Br)cc1OCC1=CN=C1. The van der Waals surface area contributed by atoms with Gasteiger partial charge in [-0.05, 0) is 12.1 Å². The maximum Gasteiger partial charge on any atom is 0.417 e. The van der Waals surface area contributed by atoms with E-state index >= 15 is 0 Å². The lowest BCUT2D eigenvalue weighted by Gasteiger charge is -2.13. The van der Waals surface area contributed by atoms with Crippen molar-refractivity contribution in [1.82, 2.24) is 0 Å². The number of alkyl halides is 3. The van der Waals surface area contributed by atoms with Gasteiger partial charge in [0.15, 0.2) is 11.6 Å². The summed E-state index contributed by atoms with van der Waals surface area (Å²) in [6, 6.07) is 1.37. The van der Waals surface area contributed by atoms with Gasteiger partial charge in [-0.25, -0.2) is 4.39 Å². The van der Waals surface area contributed by atoms with E-state index < -0.39 is 17.6 Å². The van der Waals surface area contributed by atoms with E-state index in [0.29, 0.717) is 6.07 Å². The Kier molecular flexibility index (Phi) is 3.43. The van der Waals surface area contributed by atoms with E-state index in [2.05, 4.69) is 20.9 Å². The van der Waals surface area contributed by atoms with Gasteiger partial charge in [0.05, 0.1) is 5.56 Å². The Balaban J connectivity index is 2.19. The predicted molar refractivity (Wildman–Crippen MR) is 61.2 cm³/mol. The first-order valence-corrected chi connectivity index (χ1v) is 5.58. The van der Waals surface area contributed by atoms with Crippen molar-refractivity contribution in [3.63, 3.8) is 0 Å². The summed E-state index contributed by atoms with van der Waals surface area (Å²) in [4.78, 5) is 3.68. The summed E-state index contributed by atoms with van der Waals surface area (Å²) in [5.74, 6) is -1.29. The van der Waals surface area contributed by atoms with E-state index in [1.807, 2.05) is 0 Å². The van der Waals surface area contributed by atoms with E-state index in [0.717, 1.165) is 11.6 Å². The Morgan fingerprint density at radius 1 is 1.28 bits per heavy atom. The van der Waals surface area contributed by atoms with Crippen molar-refractivity contribution in [2.45, 2.75) is 6.18 Å². The van der Waals surface area contributed by atoms with Crippen molar-refractivity contribution in [3.8, 4) is 5.75 Å². The Hall–Kier alpha value is -1.37. The van der Waals surface area contributed by atoms with Gasteiger partial charge in [0.25, 0.3) is 0 Å². The fourth-order valence-corrected chi connectivity index (χ4v) is 1.82. The number of ether oxygens (including phenoxy) is 1. The average Bonchev–Trinajstić information content (AvgIpc) is 2.18. The minimum absolute atomic E-state index is 0.0677. The van der Waals surface area contributed by atoms with Crippen LogP contribution in [-0.4, -0.2) is 12.8 Å². The smallest absolute Gasteiger partial charge is 0.417 e. The van der Waals surface area contributed by atoms with Crippen molar-refractivity contribution in [2.24, 2.45) is 4.99 Å². The zero-order chi connectivity index (χ0) is 13.3. The maximum absolute atomic E-state index is 13.4. The van der Waals surface area contributed by atoms with Crippen LogP contribution in [0.25, 0.3) is 0 Å². The molecule has 0 saturated carbocycles. The highest BCUT2D eigenvalue weighted by atomic mass is 79.9. The summed E-state index contributed by atoms with van der Waals surface area (Å²) >= 11 is 2.75. The molecule has 1 aromatic carbocycles. The van der Waals surface area contributed by atoms with Crippen LogP contribution in [0.15, 0.2) is 33.4 Å². The number of nitrogens with zero attached hydrogens (tertiary/aromatic N) is 1. The normalized spacial score (nSPS) is 14.2. The summed E-state index contributed by atoms with van der Waals surface area (Å²) in [7, 11) is 0. The number of benzene rings is 1. The van der Waals surface area contributed by atoms with Crippen LogP contribution in [0, 0.1) is 5.82 Å². The van der Waals surface area contributed by atoms with Crippen LogP contribution in [0.4, 0.5) is 17.6 Å². The van der Waals surface area contributed by atoms with Crippen LogP contribution >= 0.6 is 15.9 Å². The molecule has 96 valence electrons. The van der Waals surface area contributed by atoms with Gasteiger partial charge in [0.1, 0.15) is 6.61 Å². The predicted octanol–water partition coefficient (Wildman–Crippen LogP) is 3.95. The van der Waals surface area contributed by atoms with Gasteiger partial charge in [-0.1, -0.05) is 15.9 Å². The van der Waals surface area contributed by atoms with Crippen molar-refractivity contribution >= 4 is 22.1 Å². The zero-order valence-electron chi connectivity index (χ0n) is 8.76. The fourth-order valence-electron chi connectivity index (χ4n) is 1.27. The Labute approximate surface area is 108 Å². The summed E-state index contributed by atoms with van der Waals surface area (Å²) in [5, 5.41) is 0. The number of rotatable bonds is 3. The molecule has 0 fully saturated rings. The van der Waals surface area contributed by atoms with Crippen molar-refractivity contribution in [3.05, 3.63) is 39.8 Å².